The summed E-state index contributed by atoms with van der Waals surface area (Å²) in [5.74, 6) is 0.0182. The molecule has 0 spiro atoms. The number of rotatable bonds is 6. The summed E-state index contributed by atoms with van der Waals surface area (Å²) in [5, 5.41) is 11.9. The highest BCUT2D eigenvalue weighted by molar-refractivity contribution is 5.76. The van der Waals surface area contributed by atoms with Gasteiger partial charge in [-0.25, -0.2) is 4.39 Å². The molecule has 1 aliphatic rings. The molecule has 5 heteroatoms. The van der Waals surface area contributed by atoms with Gasteiger partial charge < -0.3 is 15.2 Å². The van der Waals surface area contributed by atoms with Gasteiger partial charge in [0, 0.05) is 31.7 Å². The maximum atomic E-state index is 13.9. The SMILES string of the molecule is O=C(CCc1cccc(CO)c1F)NCC1CCOCC1. The zero-order valence-electron chi connectivity index (χ0n) is 12.1. The van der Waals surface area contributed by atoms with E-state index >= 15 is 0 Å². The number of aliphatic hydroxyl groups excluding tert-OH is 1. The lowest BCUT2D eigenvalue weighted by atomic mass is 10.0. The molecule has 0 aromatic heterocycles. The first-order valence-corrected chi connectivity index (χ1v) is 7.42. The van der Waals surface area contributed by atoms with Crippen LogP contribution in [0.25, 0.3) is 0 Å². The molecular formula is C16H22FNO3. The van der Waals surface area contributed by atoms with Gasteiger partial charge in [0.2, 0.25) is 5.91 Å². The molecule has 4 nitrogen and oxygen atoms in total. The van der Waals surface area contributed by atoms with Crippen LogP contribution in [0.15, 0.2) is 18.2 Å². The van der Waals surface area contributed by atoms with Crippen LogP contribution in [0.3, 0.4) is 0 Å². The van der Waals surface area contributed by atoms with Crippen LogP contribution >= 0.6 is 0 Å². The molecule has 116 valence electrons. The number of aliphatic hydroxyl groups is 1. The van der Waals surface area contributed by atoms with Crippen LogP contribution in [0.4, 0.5) is 4.39 Å². The van der Waals surface area contributed by atoms with E-state index in [1.165, 1.54) is 0 Å². The second-order valence-corrected chi connectivity index (χ2v) is 5.41. The van der Waals surface area contributed by atoms with Gasteiger partial charge in [-0.05, 0) is 30.7 Å². The van der Waals surface area contributed by atoms with Gasteiger partial charge in [-0.1, -0.05) is 18.2 Å². The van der Waals surface area contributed by atoms with Crippen molar-refractivity contribution >= 4 is 5.91 Å². The maximum absolute atomic E-state index is 13.9. The highest BCUT2D eigenvalue weighted by Crippen LogP contribution is 2.15. The second-order valence-electron chi connectivity index (χ2n) is 5.41. The Morgan fingerprint density at radius 1 is 1.33 bits per heavy atom. The maximum Gasteiger partial charge on any atom is 0.220 e. The summed E-state index contributed by atoms with van der Waals surface area (Å²) in [7, 11) is 0. The lowest BCUT2D eigenvalue weighted by molar-refractivity contribution is -0.121. The third-order valence-corrected chi connectivity index (χ3v) is 3.88. The van der Waals surface area contributed by atoms with Crippen LogP contribution in [0, 0.1) is 11.7 Å². The fraction of sp³-hybridized carbons (Fsp3) is 0.562. The van der Waals surface area contributed by atoms with Crippen molar-refractivity contribution in [2.75, 3.05) is 19.8 Å². The minimum atomic E-state index is -0.405. The van der Waals surface area contributed by atoms with Crippen LogP contribution in [-0.2, 0) is 22.6 Å². The molecule has 0 bridgehead atoms. The van der Waals surface area contributed by atoms with E-state index in [2.05, 4.69) is 5.32 Å². The first-order chi connectivity index (χ1) is 10.2. The third-order valence-electron chi connectivity index (χ3n) is 3.88. The topological polar surface area (TPSA) is 58.6 Å². The molecule has 0 radical (unpaired) electrons. The van der Waals surface area contributed by atoms with Gasteiger partial charge in [0.15, 0.2) is 0 Å². The fourth-order valence-electron chi connectivity index (χ4n) is 2.49. The summed E-state index contributed by atoms with van der Waals surface area (Å²) < 4.78 is 19.2. The molecule has 1 heterocycles. The zero-order valence-corrected chi connectivity index (χ0v) is 12.1. The molecule has 2 rings (SSSR count). The van der Waals surface area contributed by atoms with E-state index in [0.29, 0.717) is 24.4 Å². The van der Waals surface area contributed by atoms with Gasteiger partial charge in [0.1, 0.15) is 5.82 Å². The molecule has 1 fully saturated rings. The number of hydrogen-bond donors (Lipinski definition) is 2. The van der Waals surface area contributed by atoms with Gasteiger partial charge >= 0.3 is 0 Å². The Morgan fingerprint density at radius 3 is 2.76 bits per heavy atom. The molecule has 1 saturated heterocycles. The van der Waals surface area contributed by atoms with Gasteiger partial charge in [-0.15, -0.1) is 0 Å². The van der Waals surface area contributed by atoms with Gasteiger partial charge in [0.25, 0.3) is 0 Å². The highest BCUT2D eigenvalue weighted by atomic mass is 19.1. The predicted octanol–water partition coefficient (Wildman–Crippen LogP) is 1.79. The van der Waals surface area contributed by atoms with Crippen LogP contribution < -0.4 is 5.32 Å². The van der Waals surface area contributed by atoms with E-state index in [4.69, 9.17) is 9.84 Å². The summed E-state index contributed by atoms with van der Waals surface area (Å²) in [5.41, 5.74) is 0.748. The summed E-state index contributed by atoms with van der Waals surface area (Å²) in [4.78, 5) is 11.8. The fourth-order valence-corrected chi connectivity index (χ4v) is 2.49. The van der Waals surface area contributed by atoms with E-state index in [-0.39, 0.29) is 24.5 Å². The monoisotopic (exact) mass is 295 g/mol. The average molecular weight is 295 g/mol. The first kappa shape index (κ1) is 15.9. The van der Waals surface area contributed by atoms with Gasteiger partial charge in [-0.2, -0.15) is 0 Å². The number of nitrogens with one attached hydrogen (secondary N) is 1. The molecule has 21 heavy (non-hydrogen) atoms. The largest absolute Gasteiger partial charge is 0.392 e. The number of halogens is 1. The van der Waals surface area contributed by atoms with Crippen LogP contribution in [0.1, 0.15) is 30.4 Å². The Labute approximate surface area is 124 Å². The van der Waals surface area contributed by atoms with Gasteiger partial charge in [-0.3, -0.25) is 4.79 Å². The first-order valence-electron chi connectivity index (χ1n) is 7.42. The van der Waals surface area contributed by atoms with E-state index < -0.39 is 5.82 Å². The van der Waals surface area contributed by atoms with Crippen molar-refractivity contribution in [3.8, 4) is 0 Å². The standard InChI is InChI=1S/C16H22FNO3/c17-16-13(2-1-3-14(16)11-19)4-5-15(20)18-10-12-6-8-21-9-7-12/h1-3,12,19H,4-11H2,(H,18,20). The van der Waals surface area contributed by atoms with E-state index in [9.17, 15) is 9.18 Å². The summed E-state index contributed by atoms with van der Waals surface area (Å²) >= 11 is 0. The number of carbonyl (C=O) groups excluding carboxylic acids is 1. The van der Waals surface area contributed by atoms with Crippen molar-refractivity contribution in [3.05, 3.63) is 35.1 Å². The summed E-state index contributed by atoms with van der Waals surface area (Å²) in [6, 6.07) is 4.90. The van der Waals surface area contributed by atoms with Crippen molar-refractivity contribution in [1.29, 1.82) is 0 Å². The molecule has 0 unspecified atom stereocenters. The second kappa shape index (κ2) is 8.10. The van der Waals surface area contributed by atoms with Crippen molar-refractivity contribution in [2.24, 2.45) is 5.92 Å². The van der Waals surface area contributed by atoms with Crippen molar-refractivity contribution < 1.29 is 19.0 Å². The molecule has 0 atom stereocenters. The summed E-state index contributed by atoms with van der Waals surface area (Å²) in [6.07, 6.45) is 2.56. The number of aryl methyl sites for hydroxylation is 1. The highest BCUT2D eigenvalue weighted by Gasteiger charge is 2.15. The smallest absolute Gasteiger partial charge is 0.220 e. The number of carbonyl (C=O) groups is 1. The lowest BCUT2D eigenvalue weighted by Crippen LogP contribution is -2.32. The normalized spacial score (nSPS) is 15.9. The molecular weight excluding hydrogens is 273 g/mol. The zero-order chi connectivity index (χ0) is 15.1. The Balaban J connectivity index is 1.76. The minimum Gasteiger partial charge on any atom is -0.392 e. The van der Waals surface area contributed by atoms with Gasteiger partial charge in [0.05, 0.1) is 6.61 Å². The molecule has 1 aromatic rings. The molecule has 0 saturated carbocycles. The van der Waals surface area contributed by atoms with Crippen LogP contribution in [0.2, 0.25) is 0 Å². The molecule has 0 aliphatic carbocycles. The lowest BCUT2D eigenvalue weighted by Gasteiger charge is -2.22. The van der Waals surface area contributed by atoms with Crippen molar-refractivity contribution in [3.63, 3.8) is 0 Å². The number of benzene rings is 1. The van der Waals surface area contributed by atoms with E-state index in [1.54, 1.807) is 18.2 Å². The Bertz CT molecular complexity index is 473. The molecule has 2 N–H and O–H groups in total. The number of ether oxygens (including phenoxy) is 1. The molecule has 1 amide bonds. The Kier molecular flexibility index (Phi) is 6.14. The Morgan fingerprint density at radius 2 is 2.05 bits per heavy atom. The van der Waals surface area contributed by atoms with Crippen LogP contribution in [-0.4, -0.2) is 30.8 Å². The van der Waals surface area contributed by atoms with Crippen molar-refractivity contribution in [2.45, 2.75) is 32.3 Å². The quantitative estimate of drug-likeness (QED) is 0.841. The van der Waals surface area contributed by atoms with E-state index in [1.807, 2.05) is 0 Å². The molecule has 1 aromatic carbocycles. The predicted molar refractivity (Wildman–Crippen MR) is 77.2 cm³/mol. The average Bonchev–Trinajstić information content (AvgIpc) is 2.53. The molecule has 1 aliphatic heterocycles. The number of hydrogen-bond acceptors (Lipinski definition) is 3. The Hall–Kier alpha value is -1.46. The number of amides is 1. The van der Waals surface area contributed by atoms with E-state index in [0.717, 1.165) is 26.1 Å². The summed E-state index contributed by atoms with van der Waals surface area (Å²) in [6.45, 7) is 1.87. The third kappa shape index (κ3) is 4.79. The van der Waals surface area contributed by atoms with Crippen molar-refractivity contribution in [1.82, 2.24) is 5.32 Å². The minimum absolute atomic E-state index is 0.0599. The van der Waals surface area contributed by atoms with Crippen LogP contribution in [0.5, 0.6) is 0 Å².